The van der Waals surface area contributed by atoms with Gasteiger partial charge in [-0.15, -0.1) is 6.04 Å². The Hall–Kier alpha value is -1.93. The molecule has 7 nitrogen and oxygen atoms in total. The van der Waals surface area contributed by atoms with E-state index in [1.165, 1.54) is 12.1 Å². The molecule has 0 bridgehead atoms. The molecular weight excluding hydrogens is 376 g/mol. The van der Waals surface area contributed by atoms with E-state index in [-0.39, 0.29) is 28.0 Å². The van der Waals surface area contributed by atoms with Gasteiger partial charge in [-0.25, -0.2) is 0 Å². The number of nitro benzene ring substituents is 1. The summed E-state index contributed by atoms with van der Waals surface area (Å²) in [4.78, 5) is 12.2. The van der Waals surface area contributed by atoms with Crippen LogP contribution >= 0.6 is 0 Å². The van der Waals surface area contributed by atoms with Crippen LogP contribution in [0.3, 0.4) is 0 Å². The molecular formula is C18H21CrN2O5-. The number of hydrogen-bond acceptors (Lipinski definition) is 3. The largest absolute Gasteiger partial charge is 0.336 e. The zero-order chi connectivity index (χ0) is 20.3. The third-order valence-corrected chi connectivity index (χ3v) is 3.05. The third kappa shape index (κ3) is 16.9. The first-order valence-electron chi connectivity index (χ1n) is 7.02. The fourth-order valence-corrected chi connectivity index (χ4v) is 1.66. The number of nitro groups is 1. The molecule has 0 N–H and O–H groups in total. The minimum Gasteiger partial charge on any atom is -0.336 e. The monoisotopic (exact) mass is 397 g/mol. The van der Waals surface area contributed by atoms with Crippen molar-refractivity contribution in [1.29, 1.82) is 0 Å². The van der Waals surface area contributed by atoms with Gasteiger partial charge in [-0.1, -0.05) is 25.0 Å². The standard InChI is InChI=1S/C15H21N2O2.3CO.Cr/c1-13(16(2)3)7-5-4-6-8-14-9-11-15(12-10-14)17(18)19;3*1-2;/h6,8-13H,1,4-5,7H2,2-3H3;;;;/q-1;;;;/b8-6+;;;;. The Labute approximate surface area is 165 Å². The molecule has 0 saturated carbocycles. The molecule has 0 aliphatic carbocycles. The van der Waals surface area contributed by atoms with Gasteiger partial charge in [0.15, 0.2) is 0 Å². The van der Waals surface area contributed by atoms with Crippen molar-refractivity contribution in [3.63, 3.8) is 0 Å². The van der Waals surface area contributed by atoms with Gasteiger partial charge in [-0.3, -0.25) is 10.1 Å². The van der Waals surface area contributed by atoms with Crippen LogP contribution in [0, 0.1) is 37.0 Å². The van der Waals surface area contributed by atoms with E-state index in [4.69, 9.17) is 14.0 Å². The van der Waals surface area contributed by atoms with Crippen LogP contribution in [0.5, 0.6) is 0 Å². The summed E-state index contributed by atoms with van der Waals surface area (Å²) in [5.74, 6) is 0. The molecule has 0 saturated heterocycles. The molecule has 0 aliphatic heterocycles. The molecule has 1 aromatic carbocycles. The number of rotatable bonds is 7. The van der Waals surface area contributed by atoms with E-state index < -0.39 is 0 Å². The molecule has 1 unspecified atom stereocenters. The molecule has 0 spiro atoms. The van der Waals surface area contributed by atoms with Crippen LogP contribution in [0.25, 0.3) is 6.08 Å². The molecule has 140 valence electrons. The van der Waals surface area contributed by atoms with E-state index in [0.717, 1.165) is 24.8 Å². The Morgan fingerprint density at radius 3 is 2.00 bits per heavy atom. The summed E-state index contributed by atoms with van der Waals surface area (Å²) in [5, 5.41) is 10.5. The first-order valence-corrected chi connectivity index (χ1v) is 7.02. The Bertz CT molecular complexity index is 537. The minimum absolute atomic E-state index is 0. The maximum Gasteiger partial charge on any atom is 0.269 e. The van der Waals surface area contributed by atoms with Gasteiger partial charge >= 0.3 is 33.9 Å². The summed E-state index contributed by atoms with van der Waals surface area (Å²) in [6, 6.07) is 6.93. The summed E-state index contributed by atoms with van der Waals surface area (Å²) in [5.41, 5.74) is 1.12. The van der Waals surface area contributed by atoms with Crippen LogP contribution in [0.15, 0.2) is 30.3 Å². The Morgan fingerprint density at radius 2 is 1.62 bits per heavy atom. The van der Waals surface area contributed by atoms with Crippen molar-refractivity contribution in [2.75, 3.05) is 14.1 Å². The SMILES string of the molecule is [C-]#[O+].[C-]#[O+].[C-]#[O+].[CH2-]C(CCC/C=C/c1ccc([N+](=O)[O-])cc1)N(C)C.[Cr]. The fraction of sp³-hybridized carbons (Fsp3) is 0.333. The number of benzene rings is 1. The van der Waals surface area contributed by atoms with Crippen molar-refractivity contribution >= 4 is 11.8 Å². The zero-order valence-electron chi connectivity index (χ0n) is 14.7. The summed E-state index contributed by atoms with van der Waals surface area (Å²) in [6.07, 6.45) is 7.26. The van der Waals surface area contributed by atoms with Crippen LogP contribution in [-0.2, 0) is 31.3 Å². The quantitative estimate of drug-likeness (QED) is 0.231. The van der Waals surface area contributed by atoms with Crippen molar-refractivity contribution in [2.45, 2.75) is 25.3 Å². The van der Waals surface area contributed by atoms with Crippen molar-refractivity contribution in [2.24, 2.45) is 0 Å². The molecule has 0 fully saturated rings. The molecule has 1 aromatic rings. The fourth-order valence-electron chi connectivity index (χ4n) is 1.66. The molecule has 0 aliphatic rings. The Morgan fingerprint density at radius 1 is 1.15 bits per heavy atom. The Balaban J connectivity index is -0.000000312. The molecule has 1 atom stereocenters. The summed E-state index contributed by atoms with van der Waals surface area (Å²) in [7, 11) is 4.06. The second-order valence-electron chi connectivity index (χ2n) is 4.80. The van der Waals surface area contributed by atoms with Gasteiger partial charge < -0.3 is 11.8 Å². The number of unbranched alkanes of at least 4 members (excludes halogenated alkanes) is 1. The van der Waals surface area contributed by atoms with Crippen LogP contribution < -0.4 is 0 Å². The number of allylic oxidation sites excluding steroid dienone is 1. The third-order valence-electron chi connectivity index (χ3n) is 3.05. The normalized spacial score (nSPS) is 9.77. The number of non-ortho nitro benzene ring substituents is 1. The first kappa shape index (κ1) is 31.8. The van der Waals surface area contributed by atoms with Gasteiger partial charge in [-0.05, 0) is 38.2 Å². The maximum atomic E-state index is 10.5. The average Bonchev–Trinajstić information content (AvgIpc) is 2.66. The van der Waals surface area contributed by atoms with Crippen molar-refractivity contribution < 1.29 is 36.2 Å². The van der Waals surface area contributed by atoms with Crippen LogP contribution in [-0.4, -0.2) is 30.0 Å². The molecule has 0 aromatic heterocycles. The summed E-state index contributed by atoms with van der Waals surface area (Å²) < 4.78 is 22.5. The predicted octanol–water partition coefficient (Wildman–Crippen LogP) is 3.43. The van der Waals surface area contributed by atoms with Crippen molar-refractivity contribution in [3.8, 4) is 0 Å². The molecule has 0 amide bonds. The Kier molecular flexibility index (Phi) is 28.2. The van der Waals surface area contributed by atoms with E-state index in [2.05, 4.69) is 37.9 Å². The van der Waals surface area contributed by atoms with E-state index in [0.29, 0.717) is 6.04 Å². The molecule has 8 heteroatoms. The average molecular weight is 397 g/mol. The second kappa shape index (κ2) is 23.1. The van der Waals surface area contributed by atoms with Gasteiger partial charge in [0.25, 0.3) is 5.69 Å². The molecule has 0 radical (unpaired) electrons. The van der Waals surface area contributed by atoms with Crippen molar-refractivity contribution in [1.82, 2.24) is 4.90 Å². The van der Waals surface area contributed by atoms with Crippen molar-refractivity contribution in [3.05, 3.63) is 72.9 Å². The summed E-state index contributed by atoms with van der Waals surface area (Å²) >= 11 is 0. The summed E-state index contributed by atoms with van der Waals surface area (Å²) in [6.45, 7) is 17.6. The van der Waals surface area contributed by atoms with Crippen LogP contribution in [0.2, 0.25) is 0 Å². The van der Waals surface area contributed by atoms with E-state index in [1.807, 2.05) is 20.2 Å². The van der Waals surface area contributed by atoms with Crippen LogP contribution in [0.4, 0.5) is 5.69 Å². The number of hydrogen-bond donors (Lipinski definition) is 0. The first-order chi connectivity index (χ1) is 12.0. The topological polar surface area (TPSA) is 106 Å². The second-order valence-corrected chi connectivity index (χ2v) is 4.80. The zero-order valence-corrected chi connectivity index (χ0v) is 16.0. The van der Waals surface area contributed by atoms with E-state index in [1.54, 1.807) is 12.1 Å². The molecule has 1 rings (SSSR count). The van der Waals surface area contributed by atoms with E-state index in [9.17, 15) is 10.1 Å². The smallest absolute Gasteiger partial charge is 0.269 e. The predicted molar refractivity (Wildman–Crippen MR) is 90.6 cm³/mol. The van der Waals surface area contributed by atoms with Gasteiger partial charge in [0.2, 0.25) is 0 Å². The van der Waals surface area contributed by atoms with Gasteiger partial charge in [0.05, 0.1) is 4.92 Å². The van der Waals surface area contributed by atoms with Gasteiger partial charge in [-0.2, -0.15) is 0 Å². The van der Waals surface area contributed by atoms with E-state index >= 15 is 0 Å². The number of nitrogens with zero attached hydrogens (tertiary/aromatic N) is 2. The van der Waals surface area contributed by atoms with Gasteiger partial charge in [0.1, 0.15) is 0 Å². The maximum absolute atomic E-state index is 10.5. The minimum atomic E-state index is -0.386. The van der Waals surface area contributed by atoms with Gasteiger partial charge in [0, 0.05) is 29.5 Å². The molecule has 26 heavy (non-hydrogen) atoms. The van der Waals surface area contributed by atoms with Crippen LogP contribution in [0.1, 0.15) is 24.8 Å². The molecule has 0 heterocycles.